The summed E-state index contributed by atoms with van der Waals surface area (Å²) in [6.07, 6.45) is -0.172. The molecule has 0 aromatic heterocycles. The number of hydrogen-bond acceptors (Lipinski definition) is 4. The van der Waals surface area contributed by atoms with E-state index >= 15 is 0 Å². The van der Waals surface area contributed by atoms with E-state index in [1.165, 1.54) is 0 Å². The Labute approximate surface area is 114 Å². The molecule has 5 nitrogen and oxygen atoms in total. The van der Waals surface area contributed by atoms with Crippen LogP contribution in [0.2, 0.25) is 0 Å². The lowest BCUT2D eigenvalue weighted by Gasteiger charge is -2.13. The normalized spacial score (nSPS) is 11.9. The first-order valence-electron chi connectivity index (χ1n) is 6.55. The van der Waals surface area contributed by atoms with Gasteiger partial charge in [-0.1, -0.05) is 18.2 Å². The Balaban J connectivity index is 2.05. The van der Waals surface area contributed by atoms with Crippen LogP contribution in [-0.2, 0) is 4.79 Å². The van der Waals surface area contributed by atoms with Gasteiger partial charge in [-0.3, -0.25) is 4.79 Å². The predicted octanol–water partition coefficient (Wildman–Crippen LogP) is 0.542. The summed E-state index contributed by atoms with van der Waals surface area (Å²) in [7, 11) is 0. The summed E-state index contributed by atoms with van der Waals surface area (Å²) < 4.78 is 5.42. The number of amides is 1. The summed E-state index contributed by atoms with van der Waals surface area (Å²) in [5, 5.41) is 15.4. The first-order chi connectivity index (χ1) is 9.22. The lowest BCUT2D eigenvalue weighted by molar-refractivity contribution is -0.120. The first kappa shape index (κ1) is 15.5. The molecule has 0 fully saturated rings. The summed E-state index contributed by atoms with van der Waals surface area (Å²) in [6.45, 7) is 3.72. The molecule has 0 saturated carbocycles. The van der Waals surface area contributed by atoms with Gasteiger partial charge in [-0.05, 0) is 19.1 Å². The first-order valence-corrected chi connectivity index (χ1v) is 6.55. The van der Waals surface area contributed by atoms with Gasteiger partial charge in [0.25, 0.3) is 0 Å². The third kappa shape index (κ3) is 7.43. The van der Waals surface area contributed by atoms with Gasteiger partial charge in [-0.15, -0.1) is 0 Å². The molecule has 0 heterocycles. The van der Waals surface area contributed by atoms with E-state index in [1.807, 2.05) is 37.3 Å². The van der Waals surface area contributed by atoms with E-state index in [9.17, 15) is 9.90 Å². The van der Waals surface area contributed by atoms with Crippen LogP contribution in [0.3, 0.4) is 0 Å². The number of para-hydroxylation sites is 1. The van der Waals surface area contributed by atoms with E-state index in [0.29, 0.717) is 26.1 Å². The average Bonchev–Trinajstić information content (AvgIpc) is 2.43. The zero-order valence-corrected chi connectivity index (χ0v) is 11.3. The van der Waals surface area contributed by atoms with Crippen molar-refractivity contribution >= 4 is 5.91 Å². The van der Waals surface area contributed by atoms with Crippen molar-refractivity contribution in [1.29, 1.82) is 0 Å². The highest BCUT2D eigenvalue weighted by Gasteiger charge is 2.05. The van der Waals surface area contributed by atoms with E-state index in [1.54, 1.807) is 0 Å². The van der Waals surface area contributed by atoms with E-state index < -0.39 is 6.10 Å². The molecular formula is C14H22N2O3. The van der Waals surface area contributed by atoms with Gasteiger partial charge >= 0.3 is 0 Å². The largest absolute Gasteiger partial charge is 0.491 e. The van der Waals surface area contributed by atoms with Crippen LogP contribution >= 0.6 is 0 Å². The molecule has 0 aliphatic rings. The third-order valence-electron chi connectivity index (χ3n) is 2.47. The smallest absolute Gasteiger partial charge is 0.221 e. The van der Waals surface area contributed by atoms with Crippen molar-refractivity contribution in [2.45, 2.75) is 19.4 Å². The van der Waals surface area contributed by atoms with Crippen LogP contribution in [0.15, 0.2) is 30.3 Å². The molecule has 1 atom stereocenters. The Morgan fingerprint density at radius 1 is 1.37 bits per heavy atom. The number of hydrogen-bond donors (Lipinski definition) is 3. The van der Waals surface area contributed by atoms with Gasteiger partial charge in [-0.25, -0.2) is 0 Å². The molecule has 0 radical (unpaired) electrons. The van der Waals surface area contributed by atoms with Gasteiger partial charge in [0.15, 0.2) is 0 Å². The van der Waals surface area contributed by atoms with Gasteiger partial charge < -0.3 is 20.5 Å². The van der Waals surface area contributed by atoms with Crippen LogP contribution in [0.1, 0.15) is 13.3 Å². The van der Waals surface area contributed by atoms with Crippen molar-refractivity contribution < 1.29 is 14.6 Å². The van der Waals surface area contributed by atoms with Crippen molar-refractivity contribution in [3.8, 4) is 5.75 Å². The fourth-order valence-electron chi connectivity index (χ4n) is 1.52. The molecule has 1 unspecified atom stereocenters. The molecule has 19 heavy (non-hydrogen) atoms. The predicted molar refractivity (Wildman–Crippen MR) is 74.1 cm³/mol. The Bertz CT molecular complexity index is 357. The second kappa shape index (κ2) is 9.35. The monoisotopic (exact) mass is 266 g/mol. The fourth-order valence-corrected chi connectivity index (χ4v) is 1.52. The standard InChI is InChI=1S/C14H22N2O3/c1-2-16-14(18)8-9-15-10-12(17)11-19-13-6-4-3-5-7-13/h3-7,12,15,17H,2,8-11H2,1H3,(H,16,18). The molecule has 0 spiro atoms. The number of rotatable bonds is 9. The van der Waals surface area contributed by atoms with Crippen LogP contribution in [-0.4, -0.2) is 43.4 Å². The van der Waals surface area contributed by atoms with Crippen molar-refractivity contribution in [3.05, 3.63) is 30.3 Å². The fraction of sp³-hybridized carbons (Fsp3) is 0.500. The van der Waals surface area contributed by atoms with E-state index in [-0.39, 0.29) is 12.5 Å². The highest BCUT2D eigenvalue weighted by molar-refractivity contribution is 5.75. The van der Waals surface area contributed by atoms with Crippen LogP contribution in [0, 0.1) is 0 Å². The van der Waals surface area contributed by atoms with E-state index in [4.69, 9.17) is 4.74 Å². The summed E-state index contributed by atoms with van der Waals surface area (Å²) in [6, 6.07) is 9.36. The highest BCUT2D eigenvalue weighted by atomic mass is 16.5. The number of aliphatic hydroxyl groups is 1. The zero-order valence-electron chi connectivity index (χ0n) is 11.3. The van der Waals surface area contributed by atoms with Gasteiger partial charge in [-0.2, -0.15) is 0 Å². The Morgan fingerprint density at radius 2 is 2.11 bits per heavy atom. The molecule has 1 aromatic rings. The lowest BCUT2D eigenvalue weighted by Crippen LogP contribution is -2.34. The molecule has 0 bridgehead atoms. The molecule has 3 N–H and O–H groups in total. The van der Waals surface area contributed by atoms with Crippen LogP contribution in [0.4, 0.5) is 0 Å². The molecule has 1 amide bonds. The summed E-state index contributed by atoms with van der Waals surface area (Å²) in [4.78, 5) is 11.2. The Morgan fingerprint density at radius 3 is 2.79 bits per heavy atom. The van der Waals surface area contributed by atoms with Crippen molar-refractivity contribution in [2.24, 2.45) is 0 Å². The molecule has 1 aromatic carbocycles. The number of carbonyl (C=O) groups excluding carboxylic acids is 1. The maximum absolute atomic E-state index is 11.2. The van der Waals surface area contributed by atoms with Gasteiger partial charge in [0.2, 0.25) is 5.91 Å². The lowest BCUT2D eigenvalue weighted by atomic mass is 10.3. The van der Waals surface area contributed by atoms with Crippen molar-refractivity contribution in [1.82, 2.24) is 10.6 Å². The van der Waals surface area contributed by atoms with Crippen molar-refractivity contribution in [3.63, 3.8) is 0 Å². The number of ether oxygens (including phenoxy) is 1. The minimum atomic E-state index is -0.588. The Kier molecular flexibility index (Phi) is 7.62. The number of nitrogens with one attached hydrogen (secondary N) is 2. The van der Waals surface area contributed by atoms with Gasteiger partial charge in [0.05, 0.1) is 0 Å². The minimum absolute atomic E-state index is 0.0185. The number of carbonyl (C=O) groups is 1. The summed E-state index contributed by atoms with van der Waals surface area (Å²) in [5.41, 5.74) is 0. The van der Waals surface area contributed by atoms with E-state index in [0.717, 1.165) is 5.75 Å². The highest BCUT2D eigenvalue weighted by Crippen LogP contribution is 2.08. The maximum atomic E-state index is 11.2. The maximum Gasteiger partial charge on any atom is 0.221 e. The van der Waals surface area contributed by atoms with E-state index in [2.05, 4.69) is 10.6 Å². The van der Waals surface area contributed by atoms with Crippen LogP contribution in [0.25, 0.3) is 0 Å². The number of aliphatic hydroxyl groups excluding tert-OH is 1. The SMILES string of the molecule is CCNC(=O)CCNCC(O)COc1ccccc1. The zero-order chi connectivity index (χ0) is 13.9. The third-order valence-corrected chi connectivity index (χ3v) is 2.47. The molecular weight excluding hydrogens is 244 g/mol. The second-order valence-corrected chi connectivity index (χ2v) is 4.19. The van der Waals surface area contributed by atoms with Crippen LogP contribution in [0.5, 0.6) is 5.75 Å². The molecule has 0 aliphatic heterocycles. The molecule has 1 rings (SSSR count). The second-order valence-electron chi connectivity index (χ2n) is 4.19. The molecule has 0 aliphatic carbocycles. The Hall–Kier alpha value is -1.59. The minimum Gasteiger partial charge on any atom is -0.491 e. The molecule has 106 valence electrons. The summed E-state index contributed by atoms with van der Waals surface area (Å²) >= 11 is 0. The number of benzene rings is 1. The quantitative estimate of drug-likeness (QED) is 0.571. The van der Waals surface area contributed by atoms with Crippen molar-refractivity contribution in [2.75, 3.05) is 26.2 Å². The average molecular weight is 266 g/mol. The van der Waals surface area contributed by atoms with Gasteiger partial charge in [0.1, 0.15) is 18.5 Å². The van der Waals surface area contributed by atoms with Crippen LogP contribution < -0.4 is 15.4 Å². The van der Waals surface area contributed by atoms with Gasteiger partial charge in [0, 0.05) is 26.1 Å². The molecule has 0 saturated heterocycles. The molecule has 5 heteroatoms. The summed E-state index contributed by atoms with van der Waals surface area (Å²) in [5.74, 6) is 0.758. The topological polar surface area (TPSA) is 70.6 Å².